The summed E-state index contributed by atoms with van der Waals surface area (Å²) in [5.74, 6) is 6.95. The highest BCUT2D eigenvalue weighted by atomic mass is 19.4. The van der Waals surface area contributed by atoms with Gasteiger partial charge in [-0.3, -0.25) is 11.3 Å². The first-order valence-corrected chi connectivity index (χ1v) is 6.82. The summed E-state index contributed by atoms with van der Waals surface area (Å²) in [7, 11) is 0. The number of nitrogens with one attached hydrogen (secondary N) is 1. The highest BCUT2D eigenvalue weighted by molar-refractivity contribution is 5.38. The number of rotatable bonds is 4. The van der Waals surface area contributed by atoms with Crippen molar-refractivity contribution in [2.45, 2.75) is 31.7 Å². The molecule has 2 aliphatic rings. The Labute approximate surface area is 115 Å². The van der Waals surface area contributed by atoms with E-state index >= 15 is 0 Å². The molecule has 6 heteroatoms. The number of hydrogen-bond donors (Lipinski definition) is 2. The molecule has 1 aromatic carbocycles. The Hall–Kier alpha value is -1.27. The minimum absolute atomic E-state index is 0.159. The summed E-state index contributed by atoms with van der Waals surface area (Å²) in [4.78, 5) is 0. The van der Waals surface area contributed by atoms with E-state index in [-0.39, 0.29) is 11.8 Å². The summed E-state index contributed by atoms with van der Waals surface area (Å²) >= 11 is 0. The molecular weight excluding hydrogens is 269 g/mol. The van der Waals surface area contributed by atoms with Crippen LogP contribution in [0.25, 0.3) is 0 Å². The molecule has 0 heterocycles. The van der Waals surface area contributed by atoms with Crippen molar-refractivity contribution in [2.24, 2.45) is 23.6 Å². The fraction of sp³-hybridized carbons (Fsp3) is 0.571. The van der Waals surface area contributed by atoms with Crippen LogP contribution in [0.1, 0.15) is 30.9 Å². The van der Waals surface area contributed by atoms with Crippen LogP contribution in [0.4, 0.5) is 13.2 Å². The second-order valence-electron chi connectivity index (χ2n) is 5.57. The minimum atomic E-state index is -4.69. The van der Waals surface area contributed by atoms with Gasteiger partial charge in [0, 0.05) is 5.56 Å². The van der Waals surface area contributed by atoms with E-state index in [4.69, 9.17) is 5.84 Å². The third kappa shape index (κ3) is 2.50. The summed E-state index contributed by atoms with van der Waals surface area (Å²) in [6.45, 7) is 0. The van der Waals surface area contributed by atoms with Crippen molar-refractivity contribution < 1.29 is 17.9 Å². The molecule has 2 aliphatic carbocycles. The van der Waals surface area contributed by atoms with Crippen LogP contribution in [0.2, 0.25) is 0 Å². The zero-order valence-electron chi connectivity index (χ0n) is 10.9. The van der Waals surface area contributed by atoms with Crippen molar-refractivity contribution in [1.82, 2.24) is 5.43 Å². The molecule has 3 rings (SSSR count). The largest absolute Gasteiger partial charge is 0.573 e. The zero-order valence-corrected chi connectivity index (χ0v) is 10.9. The van der Waals surface area contributed by atoms with Gasteiger partial charge in [-0.1, -0.05) is 24.6 Å². The number of ether oxygens (including phenoxy) is 1. The van der Waals surface area contributed by atoms with Crippen molar-refractivity contribution >= 4 is 0 Å². The standard InChI is InChI=1S/C14H17F3N2O/c15-14(16,17)20-11-7-2-1-4-10(11)13(19-18)12-8-5-3-6-9(8)12/h1-2,4,7-9,12-13,19H,3,5-6,18H2. The van der Waals surface area contributed by atoms with Crippen LogP contribution in [0, 0.1) is 17.8 Å². The lowest BCUT2D eigenvalue weighted by molar-refractivity contribution is -0.275. The highest BCUT2D eigenvalue weighted by Crippen LogP contribution is 2.62. The molecule has 0 bridgehead atoms. The predicted octanol–water partition coefficient (Wildman–Crippen LogP) is 3.14. The topological polar surface area (TPSA) is 47.3 Å². The molecule has 0 spiro atoms. The Balaban J connectivity index is 1.84. The molecule has 0 saturated heterocycles. The van der Waals surface area contributed by atoms with E-state index in [1.807, 2.05) is 0 Å². The molecule has 3 nitrogen and oxygen atoms in total. The molecule has 3 unspecified atom stereocenters. The van der Waals surface area contributed by atoms with Crippen molar-refractivity contribution in [2.75, 3.05) is 0 Å². The van der Waals surface area contributed by atoms with Crippen molar-refractivity contribution in [1.29, 1.82) is 0 Å². The SMILES string of the molecule is NNC(c1ccccc1OC(F)(F)F)C1C2CCCC21. The van der Waals surface area contributed by atoms with Gasteiger partial charge < -0.3 is 4.74 Å². The molecular formula is C14H17F3N2O. The number of hydrogen-bond acceptors (Lipinski definition) is 3. The minimum Gasteiger partial charge on any atom is -0.405 e. The van der Waals surface area contributed by atoms with Gasteiger partial charge in [0.05, 0.1) is 6.04 Å². The summed E-state index contributed by atoms with van der Waals surface area (Å²) in [6, 6.07) is 5.96. The lowest BCUT2D eigenvalue weighted by Crippen LogP contribution is -2.31. The maximum atomic E-state index is 12.5. The van der Waals surface area contributed by atoms with Gasteiger partial charge in [0.2, 0.25) is 0 Å². The van der Waals surface area contributed by atoms with E-state index in [1.165, 1.54) is 18.6 Å². The Morgan fingerprint density at radius 1 is 1.20 bits per heavy atom. The number of nitrogens with two attached hydrogens (primary N) is 1. The first-order chi connectivity index (χ1) is 9.51. The van der Waals surface area contributed by atoms with E-state index in [0.29, 0.717) is 23.3 Å². The third-order valence-electron chi connectivity index (χ3n) is 4.52. The Kier molecular flexibility index (Phi) is 3.38. The second kappa shape index (κ2) is 4.93. The van der Waals surface area contributed by atoms with Gasteiger partial charge in [-0.05, 0) is 36.7 Å². The first-order valence-electron chi connectivity index (χ1n) is 6.82. The molecule has 0 aromatic heterocycles. The van der Waals surface area contributed by atoms with Crippen molar-refractivity contribution in [3.63, 3.8) is 0 Å². The molecule has 3 N–H and O–H groups in total. The molecule has 0 amide bonds. The summed E-state index contributed by atoms with van der Waals surface area (Å²) < 4.78 is 41.5. The van der Waals surface area contributed by atoms with Gasteiger partial charge in [-0.25, -0.2) is 0 Å². The fourth-order valence-electron chi connectivity index (χ4n) is 3.73. The normalized spacial score (nSPS) is 29.9. The van der Waals surface area contributed by atoms with Crippen molar-refractivity contribution in [3.8, 4) is 5.75 Å². The van der Waals surface area contributed by atoms with E-state index in [1.54, 1.807) is 12.1 Å². The summed E-state index contributed by atoms with van der Waals surface area (Å²) in [5.41, 5.74) is 3.18. The van der Waals surface area contributed by atoms with Crippen LogP contribution in [0.15, 0.2) is 24.3 Å². The zero-order chi connectivity index (χ0) is 14.3. The Morgan fingerprint density at radius 3 is 2.45 bits per heavy atom. The molecule has 110 valence electrons. The van der Waals surface area contributed by atoms with Gasteiger partial charge in [0.15, 0.2) is 0 Å². The number of halogens is 3. The molecule has 2 saturated carbocycles. The summed E-state index contributed by atoms with van der Waals surface area (Å²) in [5, 5.41) is 0. The molecule has 2 fully saturated rings. The van der Waals surface area contributed by atoms with Gasteiger partial charge in [-0.2, -0.15) is 0 Å². The van der Waals surface area contributed by atoms with Crippen LogP contribution >= 0.6 is 0 Å². The van der Waals surface area contributed by atoms with Crippen LogP contribution in [0.5, 0.6) is 5.75 Å². The fourth-order valence-corrected chi connectivity index (χ4v) is 3.73. The van der Waals surface area contributed by atoms with Crippen LogP contribution in [-0.4, -0.2) is 6.36 Å². The highest BCUT2D eigenvalue weighted by Gasteiger charge is 2.56. The van der Waals surface area contributed by atoms with Crippen molar-refractivity contribution in [3.05, 3.63) is 29.8 Å². The number of benzene rings is 1. The third-order valence-corrected chi connectivity index (χ3v) is 4.52. The predicted molar refractivity (Wildman–Crippen MR) is 67.5 cm³/mol. The summed E-state index contributed by atoms with van der Waals surface area (Å²) in [6.07, 6.45) is -1.18. The average Bonchev–Trinajstić information content (AvgIpc) is 2.83. The van der Waals surface area contributed by atoms with E-state index in [0.717, 1.165) is 12.8 Å². The van der Waals surface area contributed by atoms with Gasteiger partial charge in [0.25, 0.3) is 0 Å². The maximum absolute atomic E-state index is 12.5. The molecule has 1 aromatic rings. The van der Waals surface area contributed by atoms with Crippen LogP contribution in [0.3, 0.4) is 0 Å². The van der Waals surface area contributed by atoms with Crippen LogP contribution < -0.4 is 16.0 Å². The van der Waals surface area contributed by atoms with E-state index < -0.39 is 6.36 Å². The number of hydrazine groups is 1. The van der Waals surface area contributed by atoms with E-state index in [9.17, 15) is 13.2 Å². The number of alkyl halides is 3. The number of para-hydroxylation sites is 1. The van der Waals surface area contributed by atoms with Gasteiger partial charge >= 0.3 is 6.36 Å². The quantitative estimate of drug-likeness (QED) is 0.660. The maximum Gasteiger partial charge on any atom is 0.573 e. The lowest BCUT2D eigenvalue weighted by atomic mass is 9.96. The monoisotopic (exact) mass is 286 g/mol. The molecule has 0 radical (unpaired) electrons. The van der Waals surface area contributed by atoms with Gasteiger partial charge in [-0.15, -0.1) is 13.2 Å². The molecule has 3 atom stereocenters. The Morgan fingerprint density at radius 2 is 1.85 bits per heavy atom. The van der Waals surface area contributed by atoms with E-state index in [2.05, 4.69) is 10.2 Å². The molecule has 20 heavy (non-hydrogen) atoms. The van der Waals surface area contributed by atoms with Crippen LogP contribution in [-0.2, 0) is 0 Å². The molecule has 0 aliphatic heterocycles. The smallest absolute Gasteiger partial charge is 0.405 e. The van der Waals surface area contributed by atoms with Gasteiger partial charge in [0.1, 0.15) is 5.75 Å². The second-order valence-corrected chi connectivity index (χ2v) is 5.57. The lowest BCUT2D eigenvalue weighted by Gasteiger charge is -2.22. The number of fused-ring (bicyclic) bond motifs is 1. The average molecular weight is 286 g/mol. The first kappa shape index (κ1) is 13.7. The Bertz CT molecular complexity index is 482.